The molecule has 1 atom stereocenters. The maximum Gasteiger partial charge on any atom is 0.326 e. The second kappa shape index (κ2) is 6.00. The van der Waals surface area contributed by atoms with E-state index in [0.29, 0.717) is 0 Å². The summed E-state index contributed by atoms with van der Waals surface area (Å²) in [6.07, 6.45) is 0.261. The molecule has 0 rings (SSSR count). The Morgan fingerprint density at radius 3 is 2.06 bits per heavy atom. The van der Waals surface area contributed by atoms with E-state index in [1.165, 1.54) is 18.9 Å². The lowest BCUT2D eigenvalue weighted by Gasteiger charge is -2.35. The summed E-state index contributed by atoms with van der Waals surface area (Å²) in [6.45, 7) is 8.60. The van der Waals surface area contributed by atoms with Gasteiger partial charge in [0.25, 0.3) is 0 Å². The molecule has 1 N–H and O–H groups in total. The zero-order chi connectivity index (χ0) is 13.8. The molecule has 1 unspecified atom stereocenters. The van der Waals surface area contributed by atoms with Crippen molar-refractivity contribution >= 4 is 11.9 Å². The molecule has 5 heteroatoms. The highest BCUT2D eigenvalue weighted by Gasteiger charge is 2.35. The number of carboxylic acid groups (broad SMARTS) is 1. The highest BCUT2D eigenvalue weighted by molar-refractivity contribution is 5.82. The van der Waals surface area contributed by atoms with E-state index in [4.69, 9.17) is 4.74 Å². The second-order valence-corrected chi connectivity index (χ2v) is 5.04. The number of hydrogen-bond donors (Lipinski definition) is 1. The molecule has 0 aliphatic heterocycles. The Bertz CT molecular complexity index is 286. The molecule has 0 heterocycles. The molecular weight excluding hydrogens is 222 g/mol. The normalized spacial score (nSPS) is 13.6. The molecule has 0 aromatic rings. The van der Waals surface area contributed by atoms with Gasteiger partial charge in [-0.1, -0.05) is 0 Å². The summed E-state index contributed by atoms with van der Waals surface area (Å²) < 4.78 is 5.23. The zero-order valence-corrected chi connectivity index (χ0v) is 11.5. The monoisotopic (exact) mass is 245 g/mol. The Morgan fingerprint density at radius 1 is 1.35 bits per heavy atom. The van der Waals surface area contributed by atoms with Crippen LogP contribution in [0, 0.1) is 0 Å². The van der Waals surface area contributed by atoms with Crippen molar-refractivity contribution in [2.24, 2.45) is 0 Å². The van der Waals surface area contributed by atoms with Gasteiger partial charge < -0.3 is 14.7 Å². The number of amides is 1. The second-order valence-electron chi connectivity index (χ2n) is 5.04. The Balaban J connectivity index is 5.08. The lowest BCUT2D eigenvalue weighted by molar-refractivity contribution is -0.154. The first kappa shape index (κ1) is 15.9. The van der Waals surface area contributed by atoms with Crippen LogP contribution in [0.2, 0.25) is 0 Å². The van der Waals surface area contributed by atoms with Crippen molar-refractivity contribution in [3.8, 4) is 0 Å². The van der Waals surface area contributed by atoms with Crippen molar-refractivity contribution in [3.05, 3.63) is 0 Å². The van der Waals surface area contributed by atoms with Gasteiger partial charge in [0.2, 0.25) is 5.91 Å². The van der Waals surface area contributed by atoms with Crippen molar-refractivity contribution in [2.75, 3.05) is 7.11 Å². The van der Waals surface area contributed by atoms with Crippen molar-refractivity contribution in [1.29, 1.82) is 0 Å². The van der Waals surface area contributed by atoms with E-state index in [9.17, 15) is 14.7 Å². The van der Waals surface area contributed by atoms with Gasteiger partial charge >= 0.3 is 5.97 Å². The van der Waals surface area contributed by atoms with E-state index in [0.717, 1.165) is 0 Å². The van der Waals surface area contributed by atoms with Gasteiger partial charge in [-0.3, -0.25) is 4.79 Å². The van der Waals surface area contributed by atoms with E-state index in [1.807, 2.05) is 13.8 Å². The minimum atomic E-state index is -1.00. The van der Waals surface area contributed by atoms with Gasteiger partial charge in [-0.05, 0) is 27.7 Å². The third-order valence-electron chi connectivity index (χ3n) is 2.78. The SMILES string of the molecule is COC(C)(C)CC(C(=O)O)N(C(C)=O)C(C)C. The third-order valence-corrected chi connectivity index (χ3v) is 2.78. The number of carboxylic acids is 1. The fraction of sp³-hybridized carbons (Fsp3) is 0.833. The largest absolute Gasteiger partial charge is 0.480 e. The predicted molar refractivity (Wildman–Crippen MR) is 64.8 cm³/mol. The topological polar surface area (TPSA) is 66.8 Å². The van der Waals surface area contributed by atoms with Gasteiger partial charge in [0.1, 0.15) is 6.04 Å². The summed E-state index contributed by atoms with van der Waals surface area (Å²) in [4.78, 5) is 24.2. The molecule has 0 saturated heterocycles. The summed E-state index contributed by atoms with van der Waals surface area (Å²) in [7, 11) is 1.53. The molecule has 17 heavy (non-hydrogen) atoms. The number of hydrogen-bond acceptors (Lipinski definition) is 3. The number of methoxy groups -OCH3 is 1. The molecule has 0 aliphatic rings. The summed E-state index contributed by atoms with van der Waals surface area (Å²) >= 11 is 0. The standard InChI is InChI=1S/C12H23NO4/c1-8(2)13(9(3)14)10(11(15)16)7-12(4,5)17-6/h8,10H,7H2,1-6H3,(H,15,16). The minimum absolute atomic E-state index is 0.152. The smallest absolute Gasteiger partial charge is 0.326 e. The molecule has 0 aromatic carbocycles. The van der Waals surface area contributed by atoms with Gasteiger partial charge in [0.05, 0.1) is 5.60 Å². The Hall–Kier alpha value is -1.10. The van der Waals surface area contributed by atoms with Crippen LogP contribution in [0.4, 0.5) is 0 Å². The third kappa shape index (κ3) is 4.73. The number of ether oxygens (including phenoxy) is 1. The van der Waals surface area contributed by atoms with Gasteiger partial charge in [0.15, 0.2) is 0 Å². The first-order valence-electron chi connectivity index (χ1n) is 5.69. The summed E-state index contributed by atoms with van der Waals surface area (Å²) in [5, 5.41) is 9.25. The molecule has 0 radical (unpaired) electrons. The van der Waals surface area contributed by atoms with Gasteiger partial charge in [0, 0.05) is 26.5 Å². The molecule has 1 amide bonds. The number of aliphatic carboxylic acids is 1. The van der Waals surface area contributed by atoms with Crippen molar-refractivity contribution < 1.29 is 19.4 Å². The van der Waals surface area contributed by atoms with Crippen LogP contribution in [0.5, 0.6) is 0 Å². The van der Waals surface area contributed by atoms with Gasteiger partial charge in [-0.25, -0.2) is 4.79 Å². The van der Waals surface area contributed by atoms with Crippen LogP contribution in [-0.2, 0) is 14.3 Å². The highest BCUT2D eigenvalue weighted by atomic mass is 16.5. The van der Waals surface area contributed by atoms with E-state index < -0.39 is 17.6 Å². The first-order chi connectivity index (χ1) is 7.62. The average molecular weight is 245 g/mol. The van der Waals surface area contributed by atoms with Crippen LogP contribution in [0.25, 0.3) is 0 Å². The summed E-state index contributed by atoms with van der Waals surface area (Å²) in [5.74, 6) is -1.24. The van der Waals surface area contributed by atoms with Gasteiger partial charge in [-0.2, -0.15) is 0 Å². The van der Waals surface area contributed by atoms with Crippen LogP contribution >= 0.6 is 0 Å². The van der Waals surface area contributed by atoms with Crippen LogP contribution in [-0.4, -0.2) is 46.7 Å². The molecule has 5 nitrogen and oxygen atoms in total. The Kier molecular flexibility index (Phi) is 5.61. The minimum Gasteiger partial charge on any atom is -0.480 e. The van der Waals surface area contributed by atoms with Crippen LogP contribution in [0.3, 0.4) is 0 Å². The van der Waals surface area contributed by atoms with Gasteiger partial charge in [-0.15, -0.1) is 0 Å². The highest BCUT2D eigenvalue weighted by Crippen LogP contribution is 2.21. The van der Waals surface area contributed by atoms with E-state index in [2.05, 4.69) is 0 Å². The Labute approximate surface area is 103 Å². The van der Waals surface area contributed by atoms with Crippen molar-refractivity contribution in [2.45, 2.75) is 58.7 Å². The van der Waals surface area contributed by atoms with E-state index in [1.54, 1.807) is 13.8 Å². The zero-order valence-electron chi connectivity index (χ0n) is 11.5. The van der Waals surface area contributed by atoms with Crippen LogP contribution < -0.4 is 0 Å². The molecule has 0 aliphatic carbocycles. The van der Waals surface area contributed by atoms with Crippen LogP contribution in [0.1, 0.15) is 41.0 Å². The fourth-order valence-corrected chi connectivity index (χ4v) is 1.80. The molecule has 0 aromatic heterocycles. The number of carbonyl (C=O) groups excluding carboxylic acids is 1. The molecule has 0 fully saturated rings. The molecular formula is C12H23NO4. The lowest BCUT2D eigenvalue weighted by Crippen LogP contribution is -2.51. The Morgan fingerprint density at radius 2 is 1.82 bits per heavy atom. The van der Waals surface area contributed by atoms with Crippen LogP contribution in [0.15, 0.2) is 0 Å². The van der Waals surface area contributed by atoms with Crippen molar-refractivity contribution in [1.82, 2.24) is 4.90 Å². The predicted octanol–water partition coefficient (Wildman–Crippen LogP) is 1.51. The number of carbonyl (C=O) groups is 2. The molecule has 0 saturated carbocycles. The van der Waals surface area contributed by atoms with Crippen molar-refractivity contribution in [3.63, 3.8) is 0 Å². The molecule has 100 valence electrons. The first-order valence-corrected chi connectivity index (χ1v) is 5.69. The number of nitrogens with zero attached hydrogens (tertiary/aromatic N) is 1. The summed E-state index contributed by atoms with van der Waals surface area (Å²) in [5.41, 5.74) is -0.578. The van der Waals surface area contributed by atoms with E-state index in [-0.39, 0.29) is 18.4 Å². The lowest BCUT2D eigenvalue weighted by atomic mass is 9.96. The molecule has 0 bridgehead atoms. The fourth-order valence-electron chi connectivity index (χ4n) is 1.80. The molecule has 0 spiro atoms. The quantitative estimate of drug-likeness (QED) is 0.770. The number of rotatable bonds is 6. The van der Waals surface area contributed by atoms with E-state index >= 15 is 0 Å². The summed E-state index contributed by atoms with van der Waals surface area (Å²) in [6, 6.07) is -1.01. The maximum atomic E-state index is 11.5. The average Bonchev–Trinajstić information content (AvgIpc) is 2.15. The maximum absolute atomic E-state index is 11.5.